The number of hydrogen-bond donors (Lipinski definition) is 2. The molecular weight excluding hydrogens is 492 g/mol. The minimum Gasteiger partial charge on any atom is -0.425 e. The Labute approximate surface area is 203 Å². The van der Waals surface area contributed by atoms with Crippen molar-refractivity contribution in [2.75, 3.05) is 12.5 Å². The van der Waals surface area contributed by atoms with Crippen LogP contribution in [0.3, 0.4) is 0 Å². The third-order valence-electron chi connectivity index (χ3n) is 5.24. The first-order valence-electron chi connectivity index (χ1n) is 10.6. The van der Waals surface area contributed by atoms with Crippen molar-refractivity contribution >= 4 is 26.4 Å². The fraction of sp³-hybridized carbons (Fsp3) is 0.125. The van der Waals surface area contributed by atoms with Gasteiger partial charge in [0.15, 0.2) is 11.6 Å². The normalized spacial score (nSPS) is 11.7. The molecule has 5 rings (SSSR count). The molecule has 2 N–H and O–H groups in total. The van der Waals surface area contributed by atoms with E-state index in [4.69, 9.17) is 4.74 Å². The smallest absolute Gasteiger partial charge is 0.425 e. The number of nitrogens with zero attached hydrogens (tertiary/aromatic N) is 3. The second kappa shape index (κ2) is 8.72. The molecule has 9 nitrogen and oxygen atoms in total. The third kappa shape index (κ3) is 4.62. The second-order valence-electron chi connectivity index (χ2n) is 8.33. The largest absolute Gasteiger partial charge is 0.439 e. The van der Waals surface area contributed by atoms with E-state index >= 15 is 4.39 Å². The maximum Gasteiger partial charge on any atom is 0.439 e. The number of nitrogens with one attached hydrogen (secondary N) is 2. The quantitative estimate of drug-likeness (QED) is 0.329. The van der Waals surface area contributed by atoms with Gasteiger partial charge in [0, 0.05) is 33.9 Å². The first-order chi connectivity index (χ1) is 17.1. The predicted octanol–water partition coefficient (Wildman–Crippen LogP) is 5.31. The molecule has 2 aromatic heterocycles. The number of aromatic nitrogens is 4. The monoisotopic (exact) mass is 511 g/mol. The molecule has 0 atom stereocenters. The number of imidazole rings is 1. The first kappa shape index (κ1) is 23.4. The summed E-state index contributed by atoms with van der Waals surface area (Å²) in [4.78, 5) is 20.7. The van der Waals surface area contributed by atoms with Crippen LogP contribution in [0.25, 0.3) is 33.5 Å². The Bertz CT molecular complexity index is 1790. The number of H-pyrrole nitrogens is 2. The lowest BCUT2D eigenvalue weighted by Gasteiger charge is -2.07. The number of ether oxygens (including phenoxy) is 1. The van der Waals surface area contributed by atoms with Gasteiger partial charge in [-0.1, -0.05) is 29.4 Å². The molecule has 36 heavy (non-hydrogen) atoms. The van der Waals surface area contributed by atoms with Gasteiger partial charge in [-0.3, -0.25) is 9.51 Å². The van der Waals surface area contributed by atoms with E-state index in [0.29, 0.717) is 17.0 Å². The van der Waals surface area contributed by atoms with Gasteiger partial charge in [0.1, 0.15) is 17.1 Å². The van der Waals surface area contributed by atoms with Crippen LogP contribution in [0.5, 0.6) is 11.8 Å². The number of hydrogen-bond acceptors (Lipinski definition) is 7. The number of benzene rings is 3. The van der Waals surface area contributed by atoms with Crippen LogP contribution in [0.4, 0.5) is 14.5 Å². The average molecular weight is 512 g/mol. The summed E-state index contributed by atoms with van der Waals surface area (Å²) < 4.78 is 56.7. The fourth-order valence-electron chi connectivity index (χ4n) is 3.63. The van der Waals surface area contributed by atoms with E-state index in [1.165, 1.54) is 24.6 Å². The van der Waals surface area contributed by atoms with E-state index in [-0.39, 0.29) is 34.0 Å². The fourth-order valence-corrected chi connectivity index (χ4v) is 4.26. The van der Waals surface area contributed by atoms with E-state index in [0.717, 1.165) is 11.6 Å². The molecule has 184 valence electrons. The molecule has 0 unspecified atom stereocenters. The van der Waals surface area contributed by atoms with E-state index in [9.17, 15) is 13.4 Å². The SMILES string of the molecule is Cc1ccc(-c2noc(=O)[nH]2)cc1Oc1nc2c(F)c(-c3ccc(N=S(C)(C)=O)cc3)c(F)cc2[nH]1. The Morgan fingerprint density at radius 2 is 1.75 bits per heavy atom. The van der Waals surface area contributed by atoms with Crippen LogP contribution < -0.4 is 10.5 Å². The minimum absolute atomic E-state index is 0.0517. The number of fused-ring (bicyclic) bond motifs is 1. The van der Waals surface area contributed by atoms with Crippen LogP contribution in [-0.4, -0.2) is 36.8 Å². The van der Waals surface area contributed by atoms with Crippen LogP contribution in [0, 0.1) is 18.6 Å². The van der Waals surface area contributed by atoms with Crippen molar-refractivity contribution in [3.05, 3.63) is 76.3 Å². The van der Waals surface area contributed by atoms with Crippen molar-refractivity contribution in [2.45, 2.75) is 6.92 Å². The Morgan fingerprint density at radius 1 is 1.03 bits per heavy atom. The number of aryl methyl sites for hydroxylation is 1. The van der Waals surface area contributed by atoms with Gasteiger partial charge in [0.05, 0.1) is 16.8 Å². The van der Waals surface area contributed by atoms with Crippen molar-refractivity contribution < 1.29 is 22.2 Å². The summed E-state index contributed by atoms with van der Waals surface area (Å²) in [6, 6.07) is 12.2. The van der Waals surface area contributed by atoms with Crippen LogP contribution in [-0.2, 0) is 9.73 Å². The standard InChI is InChI=1S/C24H19F2N5O4S/c1-12-4-5-14(22-29-24(32)35-30-22)10-18(12)34-23-27-17-11-16(25)19(20(26)21(17)28-23)13-6-8-15(9-7-13)31-36(2,3)33/h4-11H,1-3H3,(H,27,28)(H,29,30,32). The lowest BCUT2D eigenvalue weighted by Crippen LogP contribution is -1.95. The summed E-state index contributed by atoms with van der Waals surface area (Å²) in [5.74, 6) is -1.77. The average Bonchev–Trinajstić information content (AvgIpc) is 3.41. The van der Waals surface area contributed by atoms with Gasteiger partial charge in [0.25, 0.3) is 6.01 Å². The van der Waals surface area contributed by atoms with Gasteiger partial charge in [-0.2, -0.15) is 9.35 Å². The Kier molecular flexibility index (Phi) is 5.67. The molecule has 0 aliphatic heterocycles. The van der Waals surface area contributed by atoms with Gasteiger partial charge in [0.2, 0.25) is 0 Å². The van der Waals surface area contributed by atoms with Crippen LogP contribution in [0.2, 0.25) is 0 Å². The summed E-state index contributed by atoms with van der Waals surface area (Å²) in [6.07, 6.45) is 3.00. The van der Waals surface area contributed by atoms with Gasteiger partial charge < -0.3 is 9.72 Å². The van der Waals surface area contributed by atoms with Gasteiger partial charge in [-0.05, 0) is 36.2 Å². The van der Waals surface area contributed by atoms with Gasteiger partial charge in [-0.15, -0.1) is 0 Å². The molecule has 0 fully saturated rings. The van der Waals surface area contributed by atoms with Crippen molar-refractivity contribution in [3.8, 4) is 34.3 Å². The summed E-state index contributed by atoms with van der Waals surface area (Å²) in [5, 5.41) is 3.65. The minimum atomic E-state index is -2.37. The Balaban J connectivity index is 1.51. The molecular formula is C24H19F2N5O4S. The molecule has 5 aromatic rings. The zero-order valence-corrected chi connectivity index (χ0v) is 20.1. The van der Waals surface area contributed by atoms with Crippen LogP contribution in [0.1, 0.15) is 5.56 Å². The maximum atomic E-state index is 15.4. The molecule has 2 heterocycles. The highest BCUT2D eigenvalue weighted by Gasteiger charge is 2.20. The van der Waals surface area contributed by atoms with E-state index in [1.54, 1.807) is 37.3 Å². The molecule has 0 aliphatic carbocycles. The van der Waals surface area contributed by atoms with Crippen LogP contribution >= 0.6 is 0 Å². The van der Waals surface area contributed by atoms with Gasteiger partial charge >= 0.3 is 5.76 Å². The molecule has 12 heteroatoms. The molecule has 0 saturated heterocycles. The van der Waals surface area contributed by atoms with Gasteiger partial charge in [-0.25, -0.2) is 17.8 Å². The molecule has 0 amide bonds. The molecule has 3 aromatic carbocycles. The summed E-state index contributed by atoms with van der Waals surface area (Å²) in [5.41, 5.74) is 1.73. The lowest BCUT2D eigenvalue weighted by molar-refractivity contribution is 0.388. The number of halogens is 2. The second-order valence-corrected chi connectivity index (χ2v) is 10.9. The Hall–Kier alpha value is -4.32. The Morgan fingerprint density at radius 3 is 2.42 bits per heavy atom. The highest BCUT2D eigenvalue weighted by Crippen LogP contribution is 2.34. The van der Waals surface area contributed by atoms with Crippen molar-refractivity contribution in [1.82, 2.24) is 20.1 Å². The van der Waals surface area contributed by atoms with Crippen molar-refractivity contribution in [1.29, 1.82) is 0 Å². The zero-order valence-electron chi connectivity index (χ0n) is 19.3. The first-order valence-corrected chi connectivity index (χ1v) is 12.9. The molecule has 0 bridgehead atoms. The van der Waals surface area contributed by atoms with Crippen molar-refractivity contribution in [2.24, 2.45) is 4.36 Å². The van der Waals surface area contributed by atoms with E-state index < -0.39 is 27.1 Å². The summed E-state index contributed by atoms with van der Waals surface area (Å²) in [6.45, 7) is 1.79. The topological polar surface area (TPSA) is 126 Å². The van der Waals surface area contributed by atoms with Crippen molar-refractivity contribution in [3.63, 3.8) is 0 Å². The molecule has 0 aliphatic rings. The summed E-state index contributed by atoms with van der Waals surface area (Å²) >= 11 is 0. The maximum absolute atomic E-state index is 15.4. The van der Waals surface area contributed by atoms with Crippen LogP contribution in [0.15, 0.2) is 62.2 Å². The third-order valence-corrected chi connectivity index (χ3v) is 5.89. The van der Waals surface area contributed by atoms with E-state index in [1.807, 2.05) is 0 Å². The molecule has 0 saturated carbocycles. The van der Waals surface area contributed by atoms with E-state index in [2.05, 4.69) is 29.0 Å². The lowest BCUT2D eigenvalue weighted by atomic mass is 10.0. The number of rotatable bonds is 5. The molecule has 0 spiro atoms. The predicted molar refractivity (Wildman–Crippen MR) is 131 cm³/mol. The highest BCUT2D eigenvalue weighted by molar-refractivity contribution is 7.92. The summed E-state index contributed by atoms with van der Waals surface area (Å²) in [7, 11) is -2.37. The highest BCUT2D eigenvalue weighted by atomic mass is 32.2. The number of aromatic amines is 2. The molecule has 0 radical (unpaired) electrons. The zero-order chi connectivity index (χ0) is 25.6.